The van der Waals surface area contributed by atoms with E-state index >= 15 is 0 Å². The third kappa shape index (κ3) is 3.65. The van der Waals surface area contributed by atoms with E-state index in [0.717, 1.165) is 39.3 Å². The molecular formula is C7H13N2OS. The van der Waals surface area contributed by atoms with E-state index in [1.165, 1.54) is 0 Å². The number of rotatable bonds is 3. The van der Waals surface area contributed by atoms with Crippen LogP contribution in [0.5, 0.6) is 0 Å². The highest BCUT2D eigenvalue weighted by molar-refractivity contribution is 7.80. The molecule has 63 valence electrons. The lowest BCUT2D eigenvalue weighted by molar-refractivity contribution is 0.0392. The maximum atomic E-state index is 7.07. The fourth-order valence-corrected chi connectivity index (χ4v) is 1.18. The van der Waals surface area contributed by atoms with Crippen molar-refractivity contribution in [3.05, 3.63) is 0 Å². The Bertz CT molecular complexity index is 134. The van der Waals surface area contributed by atoms with Crippen LogP contribution in [0.15, 0.2) is 0 Å². The van der Waals surface area contributed by atoms with Crippen LogP contribution in [-0.4, -0.2) is 42.7 Å². The molecule has 3 nitrogen and oxygen atoms in total. The second-order valence-electron chi connectivity index (χ2n) is 2.63. The number of hydrogen-bond acceptors (Lipinski definition) is 3. The van der Waals surface area contributed by atoms with Gasteiger partial charge in [-0.25, -0.2) is 0 Å². The largest absolute Gasteiger partial charge is 0.379 e. The summed E-state index contributed by atoms with van der Waals surface area (Å²) in [6.45, 7) is 4.55. The van der Waals surface area contributed by atoms with Gasteiger partial charge in [0, 0.05) is 26.1 Å². The van der Waals surface area contributed by atoms with Gasteiger partial charge in [0.15, 0.2) is 0 Å². The van der Waals surface area contributed by atoms with Crippen molar-refractivity contribution in [3.8, 4) is 0 Å². The molecule has 1 saturated heterocycles. The van der Waals surface area contributed by atoms with Gasteiger partial charge < -0.3 is 4.74 Å². The molecule has 0 saturated carbocycles. The molecule has 1 radical (unpaired) electrons. The number of nitrogens with zero attached hydrogens (tertiary/aromatic N) is 1. The van der Waals surface area contributed by atoms with E-state index in [-0.39, 0.29) is 0 Å². The Morgan fingerprint density at radius 3 is 2.64 bits per heavy atom. The maximum Gasteiger partial charge on any atom is 0.0952 e. The summed E-state index contributed by atoms with van der Waals surface area (Å²) in [7, 11) is 0. The highest BCUT2D eigenvalue weighted by atomic mass is 32.1. The highest BCUT2D eigenvalue weighted by Crippen LogP contribution is 1.97. The van der Waals surface area contributed by atoms with Crippen LogP contribution in [0.25, 0.3) is 0 Å². The van der Waals surface area contributed by atoms with Crippen molar-refractivity contribution in [2.75, 3.05) is 32.8 Å². The molecule has 0 aliphatic carbocycles. The van der Waals surface area contributed by atoms with Gasteiger partial charge in [0.1, 0.15) is 0 Å². The second-order valence-corrected chi connectivity index (χ2v) is 3.12. The molecule has 0 bridgehead atoms. The number of nitrogens with one attached hydrogen (secondary N) is 1. The van der Waals surface area contributed by atoms with Crippen molar-refractivity contribution in [1.82, 2.24) is 10.6 Å². The van der Waals surface area contributed by atoms with Crippen LogP contribution in [0.1, 0.15) is 6.42 Å². The molecule has 11 heavy (non-hydrogen) atoms. The quantitative estimate of drug-likeness (QED) is 0.577. The molecule has 0 atom stereocenters. The first-order valence-corrected chi connectivity index (χ1v) is 4.24. The number of ether oxygens (including phenoxy) is 1. The van der Waals surface area contributed by atoms with Gasteiger partial charge in [-0.05, 0) is 0 Å². The van der Waals surface area contributed by atoms with Crippen LogP contribution in [-0.2, 0) is 4.74 Å². The fourth-order valence-electron chi connectivity index (χ4n) is 1.08. The second kappa shape index (κ2) is 4.64. The summed E-state index contributed by atoms with van der Waals surface area (Å²) in [6, 6.07) is 0. The summed E-state index contributed by atoms with van der Waals surface area (Å²) in [5.74, 6) is 0. The Morgan fingerprint density at radius 1 is 1.45 bits per heavy atom. The average Bonchev–Trinajstić information content (AvgIpc) is 2.03. The van der Waals surface area contributed by atoms with Crippen LogP contribution >= 0.6 is 12.2 Å². The Morgan fingerprint density at radius 2 is 2.09 bits per heavy atom. The van der Waals surface area contributed by atoms with Crippen molar-refractivity contribution < 1.29 is 4.74 Å². The topological polar surface area (TPSA) is 36.3 Å². The normalized spacial score (nSPS) is 20.0. The van der Waals surface area contributed by atoms with Crippen LogP contribution in [0, 0.1) is 0 Å². The first-order chi connectivity index (χ1) is 5.29. The Hall–Kier alpha value is -0.190. The van der Waals surface area contributed by atoms with Crippen LogP contribution in [0.3, 0.4) is 0 Å². The van der Waals surface area contributed by atoms with E-state index in [4.69, 9.17) is 10.5 Å². The van der Waals surface area contributed by atoms with Gasteiger partial charge in [0.05, 0.1) is 18.2 Å². The summed E-state index contributed by atoms with van der Waals surface area (Å²) in [5, 5.41) is 0. The molecule has 1 fully saturated rings. The first-order valence-electron chi connectivity index (χ1n) is 3.83. The maximum absolute atomic E-state index is 7.07. The van der Waals surface area contributed by atoms with Gasteiger partial charge in [-0.3, -0.25) is 10.6 Å². The van der Waals surface area contributed by atoms with Crippen molar-refractivity contribution >= 4 is 17.2 Å². The third-order valence-electron chi connectivity index (χ3n) is 1.76. The predicted molar refractivity (Wildman–Crippen MR) is 47.6 cm³/mol. The van der Waals surface area contributed by atoms with Gasteiger partial charge in [-0.2, -0.15) is 0 Å². The number of hydrogen-bond donors (Lipinski definition) is 0. The zero-order chi connectivity index (χ0) is 8.10. The Kier molecular flexibility index (Phi) is 3.76. The Labute approximate surface area is 72.5 Å². The van der Waals surface area contributed by atoms with Crippen molar-refractivity contribution in [3.63, 3.8) is 0 Å². The van der Waals surface area contributed by atoms with Crippen LogP contribution < -0.4 is 5.73 Å². The molecule has 1 aliphatic heterocycles. The first kappa shape index (κ1) is 8.90. The molecule has 1 heterocycles. The molecule has 4 heteroatoms. The lowest BCUT2D eigenvalue weighted by atomic mass is 10.3. The highest BCUT2D eigenvalue weighted by Gasteiger charge is 2.09. The molecule has 1 aliphatic rings. The molecule has 0 aromatic rings. The van der Waals surface area contributed by atoms with Gasteiger partial charge in [0.2, 0.25) is 0 Å². The smallest absolute Gasteiger partial charge is 0.0952 e. The summed E-state index contributed by atoms with van der Waals surface area (Å²) in [6.07, 6.45) is 0.718. The van der Waals surface area contributed by atoms with E-state index in [1.54, 1.807) is 0 Å². The molecule has 0 amide bonds. The van der Waals surface area contributed by atoms with E-state index in [2.05, 4.69) is 17.1 Å². The third-order valence-corrected chi connectivity index (χ3v) is 1.96. The summed E-state index contributed by atoms with van der Waals surface area (Å²) in [5.41, 5.74) is 7.07. The summed E-state index contributed by atoms with van der Waals surface area (Å²) in [4.78, 5) is 2.64. The molecular weight excluding hydrogens is 160 g/mol. The van der Waals surface area contributed by atoms with Gasteiger partial charge >= 0.3 is 0 Å². The minimum absolute atomic E-state index is 0.358. The Balaban J connectivity index is 2.09. The van der Waals surface area contributed by atoms with Gasteiger partial charge in [0.25, 0.3) is 0 Å². The summed E-state index contributed by atoms with van der Waals surface area (Å²) >= 11 is 4.67. The molecule has 0 aromatic carbocycles. The standard InChI is InChI=1S/C7H13N2OS/c8-7(11)1-2-9-3-5-10-6-4-9/h8H,1-6H2. The SMILES string of the molecule is [NH]C(=S)CCN1CCOCC1. The predicted octanol–water partition coefficient (Wildman–Crippen LogP) is 0.319. The zero-order valence-electron chi connectivity index (χ0n) is 6.51. The van der Waals surface area contributed by atoms with E-state index in [0.29, 0.717) is 4.99 Å². The minimum Gasteiger partial charge on any atom is -0.379 e. The van der Waals surface area contributed by atoms with Crippen molar-refractivity contribution in [2.45, 2.75) is 6.42 Å². The average molecular weight is 173 g/mol. The lowest BCUT2D eigenvalue weighted by Crippen LogP contribution is -2.37. The zero-order valence-corrected chi connectivity index (χ0v) is 7.32. The van der Waals surface area contributed by atoms with Gasteiger partial charge in [-0.15, -0.1) is 0 Å². The van der Waals surface area contributed by atoms with Gasteiger partial charge in [-0.1, -0.05) is 12.2 Å². The van der Waals surface area contributed by atoms with E-state index < -0.39 is 0 Å². The number of morpholine rings is 1. The fraction of sp³-hybridized carbons (Fsp3) is 0.857. The molecule has 0 spiro atoms. The molecule has 1 rings (SSSR count). The van der Waals surface area contributed by atoms with Crippen LogP contribution in [0.4, 0.5) is 0 Å². The molecule has 1 N–H and O–H groups in total. The van der Waals surface area contributed by atoms with E-state index in [9.17, 15) is 0 Å². The minimum atomic E-state index is 0.358. The summed E-state index contributed by atoms with van der Waals surface area (Å²) < 4.78 is 5.19. The number of thiocarbonyl (C=S) groups is 1. The van der Waals surface area contributed by atoms with Crippen molar-refractivity contribution in [1.29, 1.82) is 0 Å². The van der Waals surface area contributed by atoms with E-state index in [1.807, 2.05) is 0 Å². The van der Waals surface area contributed by atoms with Crippen LogP contribution in [0.2, 0.25) is 0 Å². The molecule has 0 unspecified atom stereocenters. The molecule has 0 aromatic heterocycles. The monoisotopic (exact) mass is 173 g/mol. The van der Waals surface area contributed by atoms with Crippen molar-refractivity contribution in [2.24, 2.45) is 0 Å². The lowest BCUT2D eigenvalue weighted by Gasteiger charge is -2.25.